The molecule has 1 aromatic heterocycles. The van der Waals surface area contributed by atoms with E-state index in [0.717, 1.165) is 18.4 Å². The number of piperidine rings is 1. The highest BCUT2D eigenvalue weighted by atomic mass is 32.2. The van der Waals surface area contributed by atoms with Gasteiger partial charge in [0.25, 0.3) is 10.2 Å². The summed E-state index contributed by atoms with van der Waals surface area (Å²) in [5.74, 6) is 0.429. The molecule has 0 aromatic carbocycles. The minimum absolute atomic E-state index is 0.237. The van der Waals surface area contributed by atoms with Gasteiger partial charge in [0.05, 0.1) is 18.9 Å². The van der Waals surface area contributed by atoms with Crippen molar-refractivity contribution in [1.29, 1.82) is 0 Å². The average Bonchev–Trinajstić information content (AvgIpc) is 2.94. The van der Waals surface area contributed by atoms with Crippen molar-refractivity contribution in [2.24, 2.45) is 13.0 Å². The van der Waals surface area contributed by atoms with E-state index in [0.29, 0.717) is 38.7 Å². The third-order valence-corrected chi connectivity index (χ3v) is 6.37. The summed E-state index contributed by atoms with van der Waals surface area (Å²) in [4.78, 5) is 0. The fourth-order valence-corrected chi connectivity index (χ4v) is 4.92. The monoisotopic (exact) mass is 328 g/mol. The molecule has 0 radical (unpaired) electrons. The number of hydrogen-bond acceptors (Lipinski definition) is 4. The molecule has 2 fully saturated rings. The molecule has 0 saturated carbocycles. The van der Waals surface area contributed by atoms with Gasteiger partial charge in [-0.2, -0.15) is 22.1 Å². The van der Waals surface area contributed by atoms with Crippen LogP contribution in [0.5, 0.6) is 0 Å². The Morgan fingerprint density at radius 2 is 2.05 bits per heavy atom. The fourth-order valence-electron chi connectivity index (χ4n) is 3.16. The molecule has 2 aliphatic heterocycles. The smallest absolute Gasteiger partial charge is 0.282 e. The molecule has 2 unspecified atom stereocenters. The molecule has 8 heteroatoms. The van der Waals surface area contributed by atoms with E-state index >= 15 is 0 Å². The minimum atomic E-state index is -3.39. The second-order valence-electron chi connectivity index (χ2n) is 6.28. The van der Waals surface area contributed by atoms with Gasteiger partial charge in [-0.15, -0.1) is 0 Å². The Bertz CT molecular complexity index is 615. The number of aromatic nitrogens is 2. The Morgan fingerprint density at radius 3 is 2.73 bits per heavy atom. The van der Waals surface area contributed by atoms with Gasteiger partial charge in [0.1, 0.15) is 0 Å². The Morgan fingerprint density at radius 1 is 1.27 bits per heavy atom. The lowest BCUT2D eigenvalue weighted by Crippen LogP contribution is -2.51. The molecular weight excluding hydrogens is 304 g/mol. The van der Waals surface area contributed by atoms with Crippen LogP contribution in [0, 0.1) is 5.92 Å². The standard InChI is InChI=1S/C14H24N4O3S/c1-12-4-3-5-17(9-12)22(19,20)18-6-7-21-14(11-18)13-8-15-16(2)10-13/h8,10,12,14H,3-7,9,11H2,1-2H3. The lowest BCUT2D eigenvalue weighted by atomic mass is 10.0. The summed E-state index contributed by atoms with van der Waals surface area (Å²) in [7, 11) is -1.55. The minimum Gasteiger partial charge on any atom is -0.371 e. The maximum absolute atomic E-state index is 12.8. The summed E-state index contributed by atoms with van der Waals surface area (Å²) in [6.45, 7) is 4.56. The summed E-state index contributed by atoms with van der Waals surface area (Å²) < 4.78 is 36.3. The van der Waals surface area contributed by atoms with E-state index in [1.165, 1.54) is 0 Å². The summed E-state index contributed by atoms with van der Waals surface area (Å²) in [6, 6.07) is 0. The molecular formula is C14H24N4O3S. The van der Waals surface area contributed by atoms with Crippen molar-refractivity contribution in [3.63, 3.8) is 0 Å². The van der Waals surface area contributed by atoms with Gasteiger partial charge >= 0.3 is 0 Å². The maximum atomic E-state index is 12.8. The molecule has 3 heterocycles. The fraction of sp³-hybridized carbons (Fsp3) is 0.786. The molecule has 2 saturated heterocycles. The van der Waals surface area contributed by atoms with Gasteiger partial charge in [-0.25, -0.2) is 0 Å². The molecule has 2 aliphatic rings. The van der Waals surface area contributed by atoms with Crippen LogP contribution in [0.15, 0.2) is 12.4 Å². The van der Waals surface area contributed by atoms with E-state index in [1.54, 1.807) is 19.5 Å². The quantitative estimate of drug-likeness (QED) is 0.822. The van der Waals surface area contributed by atoms with E-state index in [-0.39, 0.29) is 6.10 Å². The van der Waals surface area contributed by atoms with Crippen molar-refractivity contribution in [2.75, 3.05) is 32.8 Å². The average molecular weight is 328 g/mol. The predicted octanol–water partition coefficient (Wildman–Crippen LogP) is 0.770. The SMILES string of the molecule is CC1CCCN(S(=O)(=O)N2CCOC(c3cnn(C)c3)C2)C1. The molecule has 2 atom stereocenters. The maximum Gasteiger partial charge on any atom is 0.282 e. The van der Waals surface area contributed by atoms with Crippen LogP contribution in [0.25, 0.3) is 0 Å². The molecule has 0 N–H and O–H groups in total. The topological polar surface area (TPSA) is 67.7 Å². The van der Waals surface area contributed by atoms with Gasteiger partial charge in [0, 0.05) is 45.0 Å². The van der Waals surface area contributed by atoms with E-state index in [2.05, 4.69) is 12.0 Å². The molecule has 3 rings (SSSR count). The van der Waals surface area contributed by atoms with Gasteiger partial charge in [-0.05, 0) is 18.8 Å². The lowest BCUT2D eigenvalue weighted by Gasteiger charge is -2.37. The third kappa shape index (κ3) is 3.19. The van der Waals surface area contributed by atoms with Crippen LogP contribution in [0.1, 0.15) is 31.4 Å². The predicted molar refractivity (Wildman–Crippen MR) is 82.4 cm³/mol. The van der Waals surface area contributed by atoms with E-state index in [4.69, 9.17) is 4.74 Å². The molecule has 0 amide bonds. The zero-order valence-electron chi connectivity index (χ0n) is 13.2. The second kappa shape index (κ2) is 6.27. The number of ether oxygens (including phenoxy) is 1. The van der Waals surface area contributed by atoms with Gasteiger partial charge in [0.15, 0.2) is 0 Å². The van der Waals surface area contributed by atoms with Crippen LogP contribution in [0.2, 0.25) is 0 Å². The highest BCUT2D eigenvalue weighted by Crippen LogP contribution is 2.26. The Kier molecular flexibility index (Phi) is 4.54. The summed E-state index contributed by atoms with van der Waals surface area (Å²) in [5.41, 5.74) is 0.925. The van der Waals surface area contributed by atoms with Crippen LogP contribution < -0.4 is 0 Å². The van der Waals surface area contributed by atoms with E-state index < -0.39 is 10.2 Å². The van der Waals surface area contributed by atoms with Crippen LogP contribution in [0.3, 0.4) is 0 Å². The Labute approximate surface area is 132 Å². The van der Waals surface area contributed by atoms with Crippen LogP contribution in [-0.2, 0) is 22.0 Å². The van der Waals surface area contributed by atoms with E-state index in [1.807, 2.05) is 13.2 Å². The first-order chi connectivity index (χ1) is 10.5. The molecule has 124 valence electrons. The first-order valence-electron chi connectivity index (χ1n) is 7.82. The summed E-state index contributed by atoms with van der Waals surface area (Å²) in [5, 5.41) is 4.14. The van der Waals surface area contributed by atoms with E-state index in [9.17, 15) is 8.42 Å². The Balaban J connectivity index is 1.73. The van der Waals surface area contributed by atoms with Gasteiger partial charge < -0.3 is 4.74 Å². The Hall–Kier alpha value is -0.960. The number of hydrogen-bond donors (Lipinski definition) is 0. The summed E-state index contributed by atoms with van der Waals surface area (Å²) >= 11 is 0. The number of nitrogens with zero attached hydrogens (tertiary/aromatic N) is 4. The molecule has 1 aromatic rings. The van der Waals surface area contributed by atoms with Crippen molar-refractivity contribution in [2.45, 2.75) is 25.9 Å². The zero-order valence-corrected chi connectivity index (χ0v) is 14.0. The van der Waals surface area contributed by atoms with Gasteiger partial charge in [-0.3, -0.25) is 4.68 Å². The first kappa shape index (κ1) is 15.9. The van der Waals surface area contributed by atoms with Crippen LogP contribution >= 0.6 is 0 Å². The van der Waals surface area contributed by atoms with Gasteiger partial charge in [-0.1, -0.05) is 6.92 Å². The van der Waals surface area contributed by atoms with Crippen LogP contribution in [0.4, 0.5) is 0 Å². The van der Waals surface area contributed by atoms with Crippen molar-refractivity contribution in [3.8, 4) is 0 Å². The second-order valence-corrected chi connectivity index (χ2v) is 8.21. The first-order valence-corrected chi connectivity index (χ1v) is 9.22. The third-order valence-electron chi connectivity index (χ3n) is 4.40. The normalized spacial score (nSPS) is 28.8. The zero-order chi connectivity index (χ0) is 15.7. The summed E-state index contributed by atoms with van der Waals surface area (Å²) in [6.07, 6.45) is 5.43. The van der Waals surface area contributed by atoms with Crippen molar-refractivity contribution < 1.29 is 13.2 Å². The molecule has 0 aliphatic carbocycles. The molecule has 0 bridgehead atoms. The highest BCUT2D eigenvalue weighted by Gasteiger charge is 2.36. The molecule has 7 nitrogen and oxygen atoms in total. The molecule has 22 heavy (non-hydrogen) atoms. The largest absolute Gasteiger partial charge is 0.371 e. The van der Waals surface area contributed by atoms with Gasteiger partial charge in [0.2, 0.25) is 0 Å². The number of aryl methyl sites for hydroxylation is 1. The number of rotatable bonds is 3. The van der Waals surface area contributed by atoms with Crippen molar-refractivity contribution in [1.82, 2.24) is 18.4 Å². The number of morpholine rings is 1. The van der Waals surface area contributed by atoms with Crippen LogP contribution in [-0.4, -0.2) is 59.6 Å². The molecule has 0 spiro atoms. The lowest BCUT2D eigenvalue weighted by molar-refractivity contribution is -0.00473. The van der Waals surface area contributed by atoms with Crippen molar-refractivity contribution in [3.05, 3.63) is 18.0 Å². The van der Waals surface area contributed by atoms with Crippen molar-refractivity contribution >= 4 is 10.2 Å². The highest BCUT2D eigenvalue weighted by molar-refractivity contribution is 7.86.